The minimum Gasteiger partial charge on any atom is -0.452 e. The minimum absolute atomic E-state index is 0.0815. The maximum atomic E-state index is 11.9. The van der Waals surface area contributed by atoms with E-state index in [1.807, 2.05) is 0 Å². The Labute approximate surface area is 91.8 Å². The number of likely N-dealkylation sites (tertiary alicyclic amines) is 1. The van der Waals surface area contributed by atoms with Crippen molar-refractivity contribution in [1.29, 1.82) is 0 Å². The first-order valence-electron chi connectivity index (χ1n) is 4.72. The Balaban J connectivity index is 2.14. The Morgan fingerprint density at radius 2 is 2.33 bits per heavy atom. The number of rotatable bonds is 1. The van der Waals surface area contributed by atoms with Gasteiger partial charge in [-0.25, -0.2) is 0 Å². The Morgan fingerprint density at radius 3 is 2.93 bits per heavy atom. The van der Waals surface area contributed by atoms with Crippen molar-refractivity contribution in [2.24, 2.45) is 0 Å². The molecule has 0 saturated carbocycles. The van der Waals surface area contributed by atoms with Crippen molar-refractivity contribution in [2.45, 2.75) is 12.8 Å². The first-order valence-corrected chi connectivity index (χ1v) is 5.10. The van der Waals surface area contributed by atoms with E-state index in [0.29, 0.717) is 18.5 Å². The van der Waals surface area contributed by atoms with Crippen molar-refractivity contribution in [3.63, 3.8) is 0 Å². The Morgan fingerprint density at radius 1 is 1.53 bits per heavy atom. The summed E-state index contributed by atoms with van der Waals surface area (Å²) >= 11 is 5.69. The highest BCUT2D eigenvalue weighted by atomic mass is 35.5. The molecular weight excluding hydrogens is 218 g/mol. The molecule has 0 aromatic carbocycles. The van der Waals surface area contributed by atoms with Crippen LogP contribution in [0.1, 0.15) is 23.2 Å². The van der Waals surface area contributed by atoms with Gasteiger partial charge in [0.1, 0.15) is 0 Å². The van der Waals surface area contributed by atoms with Crippen molar-refractivity contribution in [3.8, 4) is 0 Å². The Hall–Kier alpha value is -1.29. The predicted octanol–water partition coefficient (Wildman–Crippen LogP) is 1.74. The second-order valence-electron chi connectivity index (χ2n) is 3.48. The first kappa shape index (κ1) is 10.2. The smallest absolute Gasteiger partial charge is 0.259 e. The van der Waals surface area contributed by atoms with Gasteiger partial charge in [-0.15, -0.1) is 0 Å². The molecule has 0 spiro atoms. The molecule has 0 N–H and O–H groups in total. The van der Waals surface area contributed by atoms with Crippen molar-refractivity contribution >= 4 is 23.3 Å². The summed E-state index contributed by atoms with van der Waals surface area (Å²) in [6, 6.07) is 1.52. The fourth-order valence-corrected chi connectivity index (χ4v) is 1.82. The molecule has 2 heterocycles. The standard InChI is InChI=1S/C10H10ClNO3/c11-9-8(3-5-15-9)10(14)12-4-1-2-7(13)6-12/h3,5H,1-2,4,6H2. The van der Waals surface area contributed by atoms with E-state index < -0.39 is 0 Å². The molecule has 4 nitrogen and oxygen atoms in total. The maximum absolute atomic E-state index is 11.9. The SMILES string of the molecule is O=C1CCCN(C(=O)c2ccoc2Cl)C1. The topological polar surface area (TPSA) is 50.5 Å². The van der Waals surface area contributed by atoms with Crippen molar-refractivity contribution in [1.82, 2.24) is 4.90 Å². The summed E-state index contributed by atoms with van der Waals surface area (Å²) in [6.45, 7) is 0.784. The molecule has 1 saturated heterocycles. The lowest BCUT2D eigenvalue weighted by Crippen LogP contribution is -2.40. The molecule has 0 aliphatic carbocycles. The van der Waals surface area contributed by atoms with E-state index in [1.165, 1.54) is 17.2 Å². The number of piperidine rings is 1. The van der Waals surface area contributed by atoms with Crippen LogP contribution in [0, 0.1) is 0 Å². The van der Waals surface area contributed by atoms with Gasteiger partial charge >= 0.3 is 0 Å². The zero-order chi connectivity index (χ0) is 10.8. The summed E-state index contributed by atoms with van der Waals surface area (Å²) in [4.78, 5) is 24.5. The first-order chi connectivity index (χ1) is 7.18. The van der Waals surface area contributed by atoms with Gasteiger partial charge in [-0.2, -0.15) is 0 Å². The summed E-state index contributed by atoms with van der Waals surface area (Å²) in [5.41, 5.74) is 0.325. The van der Waals surface area contributed by atoms with Gasteiger partial charge < -0.3 is 9.32 Å². The minimum atomic E-state index is -0.234. The third-order valence-corrected chi connectivity index (χ3v) is 2.68. The summed E-state index contributed by atoms with van der Waals surface area (Å²) < 4.78 is 4.84. The quantitative estimate of drug-likeness (QED) is 0.734. The average Bonchev–Trinajstić information content (AvgIpc) is 2.63. The summed E-state index contributed by atoms with van der Waals surface area (Å²) in [5.74, 6) is -0.143. The molecule has 0 atom stereocenters. The highest BCUT2D eigenvalue weighted by Gasteiger charge is 2.24. The van der Waals surface area contributed by atoms with Gasteiger partial charge in [-0.1, -0.05) is 0 Å². The normalized spacial score (nSPS) is 16.9. The van der Waals surface area contributed by atoms with Crippen LogP contribution < -0.4 is 0 Å². The molecule has 1 aliphatic rings. The highest BCUT2D eigenvalue weighted by molar-refractivity contribution is 6.32. The molecule has 1 aliphatic heterocycles. The van der Waals surface area contributed by atoms with Gasteiger partial charge in [-0.3, -0.25) is 9.59 Å². The molecule has 2 rings (SSSR count). The summed E-state index contributed by atoms with van der Waals surface area (Å²) in [5, 5.41) is 0.0815. The maximum Gasteiger partial charge on any atom is 0.259 e. The third kappa shape index (κ3) is 2.04. The van der Waals surface area contributed by atoms with Crippen LogP contribution in [0.15, 0.2) is 16.7 Å². The third-order valence-electron chi connectivity index (χ3n) is 2.39. The van der Waals surface area contributed by atoms with E-state index in [1.54, 1.807) is 0 Å². The van der Waals surface area contributed by atoms with Crippen molar-refractivity contribution in [3.05, 3.63) is 23.1 Å². The largest absolute Gasteiger partial charge is 0.452 e. The number of amides is 1. The van der Waals surface area contributed by atoms with Crippen LogP contribution in [0.5, 0.6) is 0 Å². The second kappa shape index (κ2) is 4.06. The van der Waals surface area contributed by atoms with E-state index in [2.05, 4.69) is 0 Å². The molecule has 1 aromatic heterocycles. The zero-order valence-electron chi connectivity index (χ0n) is 8.03. The van der Waals surface area contributed by atoms with Crippen LogP contribution >= 0.6 is 11.6 Å². The number of carbonyl (C=O) groups is 2. The van der Waals surface area contributed by atoms with E-state index in [9.17, 15) is 9.59 Å². The van der Waals surface area contributed by atoms with Crippen molar-refractivity contribution in [2.75, 3.05) is 13.1 Å². The molecule has 5 heteroatoms. The highest BCUT2D eigenvalue weighted by Crippen LogP contribution is 2.20. The molecule has 1 fully saturated rings. The van der Waals surface area contributed by atoms with Gasteiger partial charge in [0.15, 0.2) is 5.78 Å². The van der Waals surface area contributed by atoms with E-state index in [4.69, 9.17) is 16.0 Å². The monoisotopic (exact) mass is 227 g/mol. The molecular formula is C10H10ClNO3. The molecule has 0 unspecified atom stereocenters. The number of Topliss-reactive ketones (excluding diaryl/α,β-unsaturated/α-hetero) is 1. The number of hydrogen-bond acceptors (Lipinski definition) is 3. The molecule has 80 valence electrons. The number of nitrogens with zero attached hydrogens (tertiary/aromatic N) is 1. The molecule has 0 bridgehead atoms. The molecule has 1 aromatic rings. The summed E-state index contributed by atoms with van der Waals surface area (Å²) in [7, 11) is 0. The molecule has 0 radical (unpaired) electrons. The van der Waals surface area contributed by atoms with Crippen LogP contribution in [-0.2, 0) is 4.79 Å². The number of furan rings is 1. The van der Waals surface area contributed by atoms with Gasteiger partial charge in [0.25, 0.3) is 5.91 Å². The second-order valence-corrected chi connectivity index (χ2v) is 3.82. The van der Waals surface area contributed by atoms with E-state index >= 15 is 0 Å². The number of carbonyl (C=O) groups excluding carboxylic acids is 2. The van der Waals surface area contributed by atoms with Gasteiger partial charge in [0, 0.05) is 13.0 Å². The van der Waals surface area contributed by atoms with E-state index in [-0.39, 0.29) is 23.5 Å². The Bertz CT molecular complexity index is 399. The van der Waals surface area contributed by atoms with Crippen LogP contribution in [0.2, 0.25) is 5.22 Å². The molecule has 15 heavy (non-hydrogen) atoms. The van der Waals surface area contributed by atoms with Crippen LogP contribution in [0.3, 0.4) is 0 Å². The van der Waals surface area contributed by atoms with Gasteiger partial charge in [0.2, 0.25) is 5.22 Å². The van der Waals surface area contributed by atoms with Gasteiger partial charge in [0.05, 0.1) is 18.4 Å². The number of hydrogen-bond donors (Lipinski definition) is 0. The van der Waals surface area contributed by atoms with Crippen LogP contribution in [0.4, 0.5) is 0 Å². The van der Waals surface area contributed by atoms with Crippen LogP contribution in [-0.4, -0.2) is 29.7 Å². The van der Waals surface area contributed by atoms with Gasteiger partial charge in [-0.05, 0) is 24.1 Å². The lowest BCUT2D eigenvalue weighted by atomic mass is 10.1. The zero-order valence-corrected chi connectivity index (χ0v) is 8.79. The summed E-state index contributed by atoms with van der Waals surface area (Å²) in [6.07, 6.45) is 2.64. The van der Waals surface area contributed by atoms with Crippen molar-refractivity contribution < 1.29 is 14.0 Å². The lowest BCUT2D eigenvalue weighted by Gasteiger charge is -2.25. The number of halogens is 1. The Kier molecular flexibility index (Phi) is 2.77. The average molecular weight is 228 g/mol. The predicted molar refractivity (Wildman–Crippen MR) is 53.9 cm³/mol. The fraction of sp³-hybridized carbons (Fsp3) is 0.400. The fourth-order valence-electron chi connectivity index (χ4n) is 1.63. The molecule has 1 amide bonds. The van der Waals surface area contributed by atoms with E-state index in [0.717, 1.165) is 6.42 Å². The number of ketones is 1. The van der Waals surface area contributed by atoms with Crippen LogP contribution in [0.25, 0.3) is 0 Å². The lowest BCUT2D eigenvalue weighted by molar-refractivity contribution is -0.121.